The molecule has 0 radical (unpaired) electrons. The quantitative estimate of drug-likeness (QED) is 0.718. The van der Waals surface area contributed by atoms with E-state index in [2.05, 4.69) is 51.6 Å². The molecule has 3 aromatic rings. The molecule has 7 nitrogen and oxygen atoms in total. The molecule has 1 aliphatic rings. The number of hydrogen-bond acceptors (Lipinski definition) is 7. The normalized spacial score (nSPS) is 13.9. The first-order chi connectivity index (χ1) is 13.5. The van der Waals surface area contributed by atoms with E-state index in [0.29, 0.717) is 22.9 Å². The fourth-order valence-corrected chi connectivity index (χ4v) is 3.23. The smallest absolute Gasteiger partial charge is 0.227 e. The first kappa shape index (κ1) is 17.7. The molecule has 0 saturated heterocycles. The molecule has 3 heterocycles. The third kappa shape index (κ3) is 3.21. The van der Waals surface area contributed by atoms with Crippen LogP contribution >= 0.6 is 0 Å². The Morgan fingerprint density at radius 3 is 2.86 bits per heavy atom. The number of methoxy groups -OCH3 is 1. The maximum absolute atomic E-state index is 9.04. The molecule has 0 unspecified atom stereocenters. The Morgan fingerprint density at radius 2 is 2.07 bits per heavy atom. The number of fused-ring (bicyclic) bond motifs is 1. The van der Waals surface area contributed by atoms with E-state index in [1.165, 1.54) is 5.56 Å². The third-order valence-corrected chi connectivity index (χ3v) is 4.84. The van der Waals surface area contributed by atoms with Gasteiger partial charge in [0.2, 0.25) is 5.95 Å². The third-order valence-electron chi connectivity index (χ3n) is 4.84. The summed E-state index contributed by atoms with van der Waals surface area (Å²) in [5.74, 6) is 1.93. The monoisotopic (exact) mass is 372 g/mol. The van der Waals surface area contributed by atoms with Crippen LogP contribution in [0.15, 0.2) is 42.7 Å². The molecule has 2 N–H and O–H groups in total. The Labute approximate surface area is 163 Å². The van der Waals surface area contributed by atoms with Crippen LogP contribution in [0, 0.1) is 11.3 Å². The minimum absolute atomic E-state index is 0.0301. The molecular formula is C21H20N6O. The highest BCUT2D eigenvalue weighted by atomic mass is 16.5. The zero-order chi connectivity index (χ0) is 19.7. The van der Waals surface area contributed by atoms with Crippen molar-refractivity contribution in [2.24, 2.45) is 0 Å². The van der Waals surface area contributed by atoms with Crippen molar-refractivity contribution < 1.29 is 4.74 Å². The zero-order valence-electron chi connectivity index (χ0n) is 15.9. The second-order valence-corrected chi connectivity index (χ2v) is 7.27. The number of aromatic nitrogens is 3. The van der Waals surface area contributed by atoms with Crippen molar-refractivity contribution in [1.82, 2.24) is 15.0 Å². The Bertz CT molecular complexity index is 1090. The van der Waals surface area contributed by atoms with E-state index in [9.17, 15) is 0 Å². The van der Waals surface area contributed by atoms with E-state index in [1.54, 1.807) is 31.5 Å². The van der Waals surface area contributed by atoms with Crippen LogP contribution in [0.3, 0.4) is 0 Å². The van der Waals surface area contributed by atoms with Crippen molar-refractivity contribution >= 4 is 17.5 Å². The molecule has 0 atom stereocenters. The van der Waals surface area contributed by atoms with E-state index >= 15 is 0 Å². The molecule has 1 aromatic carbocycles. The van der Waals surface area contributed by atoms with Crippen molar-refractivity contribution in [2.45, 2.75) is 19.3 Å². The summed E-state index contributed by atoms with van der Waals surface area (Å²) in [7, 11) is 1.56. The van der Waals surface area contributed by atoms with Crippen molar-refractivity contribution in [2.75, 3.05) is 24.3 Å². The predicted molar refractivity (Wildman–Crippen MR) is 108 cm³/mol. The minimum Gasteiger partial charge on any atom is -0.495 e. The molecule has 0 spiro atoms. The highest BCUT2D eigenvalue weighted by molar-refractivity contribution is 5.68. The Kier molecular flexibility index (Phi) is 4.32. The molecule has 0 aliphatic carbocycles. The molecular weight excluding hydrogens is 352 g/mol. The number of anilines is 3. The molecule has 4 rings (SSSR count). The van der Waals surface area contributed by atoms with E-state index < -0.39 is 0 Å². The standard InChI is InChI=1S/C21H20N6O/c1-21(2)12-25-19-15(21)9-14(11-24-19)16-6-7-23-20(26-16)27-17-5-4-13(10-22)8-18(17)28-3/h4-9,11H,12H2,1-3H3,(H,24,25)(H,23,26,27). The van der Waals surface area contributed by atoms with Gasteiger partial charge in [0.15, 0.2) is 0 Å². The van der Waals surface area contributed by atoms with E-state index in [4.69, 9.17) is 10.00 Å². The molecule has 0 fully saturated rings. The van der Waals surface area contributed by atoms with Gasteiger partial charge in [-0.25, -0.2) is 15.0 Å². The number of benzene rings is 1. The van der Waals surface area contributed by atoms with Gasteiger partial charge < -0.3 is 15.4 Å². The van der Waals surface area contributed by atoms with E-state index in [0.717, 1.165) is 23.6 Å². The largest absolute Gasteiger partial charge is 0.495 e. The Morgan fingerprint density at radius 1 is 1.21 bits per heavy atom. The van der Waals surface area contributed by atoms with Crippen molar-refractivity contribution in [3.8, 4) is 23.1 Å². The average molecular weight is 372 g/mol. The molecule has 1 aliphatic heterocycles. The first-order valence-electron chi connectivity index (χ1n) is 8.93. The lowest BCUT2D eigenvalue weighted by Gasteiger charge is -2.17. The zero-order valence-corrected chi connectivity index (χ0v) is 15.9. The summed E-state index contributed by atoms with van der Waals surface area (Å²) in [4.78, 5) is 13.5. The van der Waals surface area contributed by atoms with Gasteiger partial charge in [-0.15, -0.1) is 0 Å². The number of nitriles is 1. The maximum atomic E-state index is 9.04. The van der Waals surface area contributed by atoms with Gasteiger partial charge in [-0.05, 0) is 24.3 Å². The summed E-state index contributed by atoms with van der Waals surface area (Å²) < 4.78 is 5.36. The summed E-state index contributed by atoms with van der Waals surface area (Å²) in [5, 5.41) is 15.5. The highest BCUT2D eigenvalue weighted by Crippen LogP contribution is 2.37. The molecule has 0 bridgehead atoms. The summed E-state index contributed by atoms with van der Waals surface area (Å²) in [6, 6.07) is 11.3. The van der Waals surface area contributed by atoms with Crippen molar-refractivity contribution in [3.05, 3.63) is 53.9 Å². The Balaban J connectivity index is 1.66. The van der Waals surface area contributed by atoms with Crippen molar-refractivity contribution in [1.29, 1.82) is 5.26 Å². The predicted octanol–water partition coefficient (Wildman–Crippen LogP) is 3.87. The number of nitrogens with zero attached hydrogens (tertiary/aromatic N) is 4. The maximum Gasteiger partial charge on any atom is 0.227 e. The number of hydrogen-bond donors (Lipinski definition) is 2. The van der Waals surface area contributed by atoms with Gasteiger partial charge >= 0.3 is 0 Å². The molecule has 0 saturated carbocycles. The van der Waals surface area contributed by atoms with Crippen LogP contribution in [-0.2, 0) is 5.41 Å². The molecule has 28 heavy (non-hydrogen) atoms. The fraction of sp³-hybridized carbons (Fsp3) is 0.238. The second-order valence-electron chi connectivity index (χ2n) is 7.27. The SMILES string of the molecule is COc1cc(C#N)ccc1Nc1nccc(-c2cnc3c(c2)C(C)(C)CN3)n1. The lowest BCUT2D eigenvalue weighted by molar-refractivity contribution is 0.416. The second kappa shape index (κ2) is 6.82. The lowest BCUT2D eigenvalue weighted by Crippen LogP contribution is -2.18. The average Bonchev–Trinajstić information content (AvgIpc) is 3.03. The molecule has 140 valence electrons. The first-order valence-corrected chi connectivity index (χ1v) is 8.93. The summed E-state index contributed by atoms with van der Waals surface area (Å²) in [6.45, 7) is 5.26. The molecule has 7 heteroatoms. The summed E-state index contributed by atoms with van der Waals surface area (Å²) in [5.41, 5.74) is 4.15. The van der Waals surface area contributed by atoms with Crippen LogP contribution in [0.25, 0.3) is 11.3 Å². The van der Waals surface area contributed by atoms with Gasteiger partial charge in [-0.3, -0.25) is 0 Å². The van der Waals surface area contributed by atoms with Crippen LogP contribution in [0.5, 0.6) is 5.75 Å². The number of nitrogens with one attached hydrogen (secondary N) is 2. The number of rotatable bonds is 4. The minimum atomic E-state index is 0.0301. The van der Waals surface area contributed by atoms with Gasteiger partial charge in [0.25, 0.3) is 0 Å². The topological polar surface area (TPSA) is 95.8 Å². The van der Waals surface area contributed by atoms with E-state index in [-0.39, 0.29) is 5.41 Å². The molecule has 0 amide bonds. The summed E-state index contributed by atoms with van der Waals surface area (Å²) in [6.07, 6.45) is 3.53. The lowest BCUT2D eigenvalue weighted by atomic mass is 9.87. The van der Waals surface area contributed by atoms with E-state index in [1.807, 2.05) is 12.3 Å². The molecule has 2 aromatic heterocycles. The Hall–Kier alpha value is -3.66. The van der Waals surface area contributed by atoms with Gasteiger partial charge in [-0.2, -0.15) is 5.26 Å². The van der Waals surface area contributed by atoms with Gasteiger partial charge in [0.05, 0.1) is 30.1 Å². The van der Waals surface area contributed by atoms with Crippen LogP contribution in [0.1, 0.15) is 25.0 Å². The number of pyridine rings is 1. The van der Waals surface area contributed by atoms with Gasteiger partial charge in [0.1, 0.15) is 11.6 Å². The fourth-order valence-electron chi connectivity index (χ4n) is 3.23. The van der Waals surface area contributed by atoms with Crippen molar-refractivity contribution in [3.63, 3.8) is 0 Å². The summed E-state index contributed by atoms with van der Waals surface area (Å²) >= 11 is 0. The highest BCUT2D eigenvalue weighted by Gasteiger charge is 2.31. The van der Waals surface area contributed by atoms with Gasteiger partial charge in [-0.1, -0.05) is 13.8 Å². The van der Waals surface area contributed by atoms with Gasteiger partial charge in [0, 0.05) is 41.5 Å². The van der Waals surface area contributed by atoms with Crippen LogP contribution in [0.2, 0.25) is 0 Å². The van der Waals surface area contributed by atoms with Crippen LogP contribution < -0.4 is 15.4 Å². The van der Waals surface area contributed by atoms with Crippen LogP contribution in [-0.4, -0.2) is 28.6 Å². The van der Waals surface area contributed by atoms with Crippen LogP contribution in [0.4, 0.5) is 17.5 Å². The number of ether oxygens (including phenoxy) is 1.